The molecule has 0 saturated carbocycles. The molecule has 192 valence electrons. The van der Waals surface area contributed by atoms with Crippen molar-refractivity contribution in [3.05, 3.63) is 47.0 Å². The number of hydrogen-bond acceptors (Lipinski definition) is 8. The summed E-state index contributed by atoms with van der Waals surface area (Å²) in [5.74, 6) is 2.16. The third-order valence-electron chi connectivity index (χ3n) is 5.78. The quantitative estimate of drug-likeness (QED) is 0.481. The summed E-state index contributed by atoms with van der Waals surface area (Å²) in [7, 11) is 9.16. The summed E-state index contributed by atoms with van der Waals surface area (Å²) in [4.78, 5) is 27.4. The highest BCUT2D eigenvalue weighted by molar-refractivity contribution is 6.11. The Kier molecular flexibility index (Phi) is 8.83. The van der Waals surface area contributed by atoms with Crippen LogP contribution < -0.4 is 28.4 Å². The normalized spacial score (nSPS) is 14.7. The van der Waals surface area contributed by atoms with Crippen LogP contribution in [0.5, 0.6) is 34.5 Å². The number of amides is 2. The van der Waals surface area contributed by atoms with Crippen molar-refractivity contribution in [2.75, 3.05) is 49.2 Å². The Hall–Kier alpha value is -4.14. The van der Waals surface area contributed by atoms with Crippen LogP contribution in [0.2, 0.25) is 0 Å². The molecule has 2 amide bonds. The van der Waals surface area contributed by atoms with Crippen LogP contribution in [0, 0.1) is 0 Å². The summed E-state index contributed by atoms with van der Waals surface area (Å²) in [6, 6.07) is 6.89. The Balaban J connectivity index is 1.86. The minimum atomic E-state index is -0.424. The van der Waals surface area contributed by atoms with Crippen molar-refractivity contribution >= 4 is 24.0 Å². The SMILES string of the molecule is COc1cc(OC)c(OC)cc1/C=C/C(=O)N1CCC/C(=C\c2cc(OC)c(OC)c(OC)c2)C1=O. The highest BCUT2D eigenvalue weighted by atomic mass is 16.5. The summed E-state index contributed by atoms with van der Waals surface area (Å²) < 4.78 is 32.2. The molecule has 0 bridgehead atoms. The lowest BCUT2D eigenvalue weighted by Gasteiger charge is -2.26. The van der Waals surface area contributed by atoms with Gasteiger partial charge in [0.2, 0.25) is 5.75 Å². The maximum absolute atomic E-state index is 13.2. The number of piperidine rings is 1. The first-order chi connectivity index (χ1) is 17.4. The molecule has 1 fully saturated rings. The Morgan fingerprint density at radius 2 is 1.36 bits per heavy atom. The minimum absolute atomic E-state index is 0.331. The van der Waals surface area contributed by atoms with Crippen LogP contribution in [0.1, 0.15) is 24.0 Å². The van der Waals surface area contributed by atoms with E-state index in [1.54, 1.807) is 36.4 Å². The largest absolute Gasteiger partial charge is 0.496 e. The van der Waals surface area contributed by atoms with Crippen LogP contribution in [0.3, 0.4) is 0 Å². The van der Waals surface area contributed by atoms with Gasteiger partial charge in [0.05, 0.1) is 42.7 Å². The zero-order chi connectivity index (χ0) is 26.2. The van der Waals surface area contributed by atoms with Crippen LogP contribution in [-0.2, 0) is 9.59 Å². The molecule has 1 heterocycles. The molecule has 0 unspecified atom stereocenters. The molecular formula is C27H31NO8. The van der Waals surface area contributed by atoms with Crippen LogP contribution in [0.4, 0.5) is 0 Å². The summed E-state index contributed by atoms with van der Waals surface area (Å²) in [5.41, 5.74) is 1.83. The number of likely N-dealkylation sites (tertiary alicyclic amines) is 1. The second-order valence-electron chi connectivity index (χ2n) is 7.81. The summed E-state index contributed by atoms with van der Waals surface area (Å²) in [6.45, 7) is 0.331. The molecule has 1 saturated heterocycles. The average Bonchev–Trinajstić information content (AvgIpc) is 2.91. The number of carbonyl (C=O) groups is 2. The van der Waals surface area contributed by atoms with E-state index in [9.17, 15) is 9.59 Å². The first-order valence-electron chi connectivity index (χ1n) is 11.2. The molecule has 0 aliphatic carbocycles. The van der Waals surface area contributed by atoms with Gasteiger partial charge in [-0.3, -0.25) is 14.5 Å². The van der Waals surface area contributed by atoms with E-state index in [0.29, 0.717) is 70.6 Å². The third-order valence-corrected chi connectivity index (χ3v) is 5.78. The second kappa shape index (κ2) is 12.0. The van der Waals surface area contributed by atoms with Crippen molar-refractivity contribution in [2.45, 2.75) is 12.8 Å². The smallest absolute Gasteiger partial charge is 0.256 e. The lowest BCUT2D eigenvalue weighted by atomic mass is 10.00. The molecule has 3 rings (SSSR count). The average molecular weight is 498 g/mol. The maximum Gasteiger partial charge on any atom is 0.256 e. The molecule has 36 heavy (non-hydrogen) atoms. The number of hydrogen-bond donors (Lipinski definition) is 0. The minimum Gasteiger partial charge on any atom is -0.496 e. The fourth-order valence-electron chi connectivity index (χ4n) is 3.97. The third kappa shape index (κ3) is 5.56. The number of imide groups is 1. The van der Waals surface area contributed by atoms with Gasteiger partial charge in [-0.05, 0) is 48.8 Å². The van der Waals surface area contributed by atoms with E-state index in [1.165, 1.54) is 53.6 Å². The number of ether oxygens (including phenoxy) is 6. The molecule has 9 nitrogen and oxygen atoms in total. The van der Waals surface area contributed by atoms with Crippen molar-refractivity contribution < 1.29 is 38.0 Å². The van der Waals surface area contributed by atoms with Gasteiger partial charge in [-0.15, -0.1) is 0 Å². The molecule has 1 aliphatic heterocycles. The number of benzene rings is 2. The Bertz CT molecular complexity index is 1160. The van der Waals surface area contributed by atoms with Crippen LogP contribution in [0.15, 0.2) is 35.9 Å². The van der Waals surface area contributed by atoms with E-state index in [2.05, 4.69) is 0 Å². The predicted molar refractivity (Wildman–Crippen MR) is 135 cm³/mol. The summed E-state index contributed by atoms with van der Waals surface area (Å²) in [5, 5.41) is 0. The van der Waals surface area contributed by atoms with Crippen molar-refractivity contribution in [3.63, 3.8) is 0 Å². The number of rotatable bonds is 9. The molecule has 0 N–H and O–H groups in total. The standard InChI is InChI=1S/C27H31NO8/c1-31-20-16-22(33-3)21(32-2)15-18(20)9-10-25(29)28-11-7-8-19(27(28)30)12-17-13-23(34-4)26(36-6)24(14-17)35-5/h9-10,12-16H,7-8,11H2,1-6H3/b10-9+,19-12+. The molecule has 0 radical (unpaired) electrons. The van der Waals surface area contributed by atoms with E-state index in [1.807, 2.05) is 0 Å². The number of carbonyl (C=O) groups excluding carboxylic acids is 2. The lowest BCUT2D eigenvalue weighted by molar-refractivity contribution is -0.140. The zero-order valence-electron chi connectivity index (χ0n) is 21.4. The van der Waals surface area contributed by atoms with Crippen molar-refractivity contribution in [2.24, 2.45) is 0 Å². The number of nitrogens with zero attached hydrogens (tertiary/aromatic N) is 1. The van der Waals surface area contributed by atoms with Crippen molar-refractivity contribution in [1.82, 2.24) is 4.90 Å². The highest BCUT2D eigenvalue weighted by Crippen LogP contribution is 2.39. The fourth-order valence-corrected chi connectivity index (χ4v) is 3.97. The first-order valence-corrected chi connectivity index (χ1v) is 11.2. The predicted octanol–water partition coefficient (Wildman–Crippen LogP) is 3.98. The molecule has 0 aromatic heterocycles. The van der Waals surface area contributed by atoms with Crippen LogP contribution >= 0.6 is 0 Å². The molecule has 0 spiro atoms. The highest BCUT2D eigenvalue weighted by Gasteiger charge is 2.27. The fraction of sp³-hybridized carbons (Fsp3) is 0.333. The molecule has 2 aromatic rings. The monoisotopic (exact) mass is 497 g/mol. The van der Waals surface area contributed by atoms with Gasteiger partial charge in [0.1, 0.15) is 5.75 Å². The van der Waals surface area contributed by atoms with E-state index < -0.39 is 5.91 Å². The lowest BCUT2D eigenvalue weighted by Crippen LogP contribution is -2.40. The van der Waals surface area contributed by atoms with Crippen molar-refractivity contribution in [3.8, 4) is 34.5 Å². The maximum atomic E-state index is 13.2. The molecule has 1 aliphatic rings. The van der Waals surface area contributed by atoms with Gasteiger partial charge >= 0.3 is 0 Å². The summed E-state index contributed by atoms with van der Waals surface area (Å²) >= 11 is 0. The van der Waals surface area contributed by atoms with E-state index in [-0.39, 0.29) is 5.91 Å². The Morgan fingerprint density at radius 1 is 0.778 bits per heavy atom. The van der Waals surface area contributed by atoms with Gasteiger partial charge in [-0.2, -0.15) is 0 Å². The van der Waals surface area contributed by atoms with Crippen molar-refractivity contribution in [1.29, 1.82) is 0 Å². The topological polar surface area (TPSA) is 92.8 Å². The van der Waals surface area contributed by atoms with Gasteiger partial charge in [-0.25, -0.2) is 0 Å². The van der Waals surface area contributed by atoms with E-state index >= 15 is 0 Å². The van der Waals surface area contributed by atoms with Gasteiger partial charge in [0, 0.05) is 29.8 Å². The Labute approximate surface area is 210 Å². The van der Waals surface area contributed by atoms with Gasteiger partial charge in [0.15, 0.2) is 23.0 Å². The van der Waals surface area contributed by atoms with Gasteiger partial charge in [-0.1, -0.05) is 0 Å². The first kappa shape index (κ1) is 26.5. The Morgan fingerprint density at radius 3 is 1.92 bits per heavy atom. The van der Waals surface area contributed by atoms with Gasteiger partial charge in [0.25, 0.3) is 11.8 Å². The van der Waals surface area contributed by atoms with E-state index in [4.69, 9.17) is 28.4 Å². The molecule has 2 aromatic carbocycles. The van der Waals surface area contributed by atoms with Gasteiger partial charge < -0.3 is 28.4 Å². The number of methoxy groups -OCH3 is 6. The molecular weight excluding hydrogens is 466 g/mol. The zero-order valence-corrected chi connectivity index (χ0v) is 21.4. The second-order valence-corrected chi connectivity index (χ2v) is 7.81. The summed E-state index contributed by atoms with van der Waals surface area (Å²) in [6.07, 6.45) is 5.89. The molecule has 0 atom stereocenters. The molecule has 9 heteroatoms. The van der Waals surface area contributed by atoms with Crippen LogP contribution in [-0.4, -0.2) is 65.9 Å². The van der Waals surface area contributed by atoms with Crippen LogP contribution in [0.25, 0.3) is 12.2 Å². The van der Waals surface area contributed by atoms with E-state index in [0.717, 1.165) is 0 Å².